The summed E-state index contributed by atoms with van der Waals surface area (Å²) in [7, 11) is 0. The van der Waals surface area contributed by atoms with Gasteiger partial charge in [-0.1, -0.05) is 158 Å². The van der Waals surface area contributed by atoms with E-state index in [1.54, 1.807) is 11.3 Å². The minimum absolute atomic E-state index is 0.663. The van der Waals surface area contributed by atoms with Crippen molar-refractivity contribution in [1.29, 1.82) is 0 Å². The van der Waals surface area contributed by atoms with Crippen LogP contribution in [0.5, 0.6) is 0 Å². The molecular weight excluding hydrogens is 761 g/mol. The first kappa shape index (κ1) is 33.0. The second-order valence-corrected chi connectivity index (χ2v) is 17.1. The third kappa shape index (κ3) is 4.48. The standard InChI is InChI=1S/C56H32N4S/c1-2-16-34(17-3-1)59-45-26-12-10-23-41(45)49-43(25-14-27-46(49)59)53-55-52(42-24-11-13-28-48(42)61-55)57-56(58-53)60-47-32-31-40-38-21-7-6-19-36(38)37-20-8-9-22-39(37)50(40)51(47)44-30-29-33-15-4-5-18-35(33)54(44)60/h1-32H. The average Bonchev–Trinajstić information content (AvgIpc) is 3.99. The number of thiophene rings is 1. The van der Waals surface area contributed by atoms with E-state index in [9.17, 15) is 0 Å². The molecular formula is C56H32N4S. The van der Waals surface area contributed by atoms with Crippen molar-refractivity contribution in [2.75, 3.05) is 0 Å². The largest absolute Gasteiger partial charge is 0.309 e. The normalized spacial score (nSPS) is 12.3. The molecule has 5 heteroatoms. The predicted molar refractivity (Wildman–Crippen MR) is 259 cm³/mol. The second kappa shape index (κ2) is 12.3. The summed E-state index contributed by atoms with van der Waals surface area (Å²) >= 11 is 1.78. The molecule has 0 unspecified atom stereocenters. The van der Waals surface area contributed by atoms with Gasteiger partial charge in [0.25, 0.3) is 0 Å². The zero-order chi connectivity index (χ0) is 39.8. The molecule has 0 amide bonds. The Balaban J connectivity index is 1.18. The van der Waals surface area contributed by atoms with E-state index in [4.69, 9.17) is 9.97 Å². The Morgan fingerprint density at radius 3 is 1.79 bits per heavy atom. The van der Waals surface area contributed by atoms with Crippen LogP contribution in [0, 0.1) is 0 Å². The highest BCUT2D eigenvalue weighted by Gasteiger charge is 2.25. The van der Waals surface area contributed by atoms with Crippen molar-refractivity contribution < 1.29 is 0 Å². The van der Waals surface area contributed by atoms with Crippen LogP contribution >= 0.6 is 11.3 Å². The third-order valence-electron chi connectivity index (χ3n) is 12.9. The molecule has 4 aromatic heterocycles. The van der Waals surface area contributed by atoms with Gasteiger partial charge in [-0.3, -0.25) is 4.57 Å². The van der Waals surface area contributed by atoms with Gasteiger partial charge in [0.1, 0.15) is 0 Å². The van der Waals surface area contributed by atoms with Gasteiger partial charge in [0.05, 0.1) is 38.0 Å². The quantitative estimate of drug-likeness (QED) is 0.167. The van der Waals surface area contributed by atoms with E-state index in [2.05, 4.69) is 203 Å². The summed E-state index contributed by atoms with van der Waals surface area (Å²) in [6, 6.07) is 70.5. The number of nitrogens with zero attached hydrogens (tertiary/aromatic N) is 4. The first-order valence-corrected chi connectivity index (χ1v) is 21.6. The molecule has 282 valence electrons. The fraction of sp³-hybridized carbons (Fsp3) is 0. The molecule has 0 saturated heterocycles. The van der Waals surface area contributed by atoms with E-state index in [1.807, 2.05) is 0 Å². The number of aromatic nitrogens is 4. The zero-order valence-electron chi connectivity index (χ0n) is 32.7. The van der Waals surface area contributed by atoms with Gasteiger partial charge in [0, 0.05) is 53.7 Å². The number of benzene rings is 10. The Morgan fingerprint density at radius 1 is 0.361 bits per heavy atom. The van der Waals surface area contributed by atoms with Crippen molar-refractivity contribution in [1.82, 2.24) is 19.1 Å². The van der Waals surface area contributed by atoms with Crippen LogP contribution in [-0.2, 0) is 0 Å². The number of hydrogen-bond acceptors (Lipinski definition) is 3. The van der Waals surface area contributed by atoms with Gasteiger partial charge < -0.3 is 4.57 Å². The van der Waals surface area contributed by atoms with Crippen molar-refractivity contribution in [2.24, 2.45) is 0 Å². The van der Waals surface area contributed by atoms with Crippen LogP contribution in [0.2, 0.25) is 0 Å². The Morgan fingerprint density at radius 2 is 0.967 bits per heavy atom. The highest BCUT2D eigenvalue weighted by atomic mass is 32.1. The van der Waals surface area contributed by atoms with E-state index in [0.717, 1.165) is 49.1 Å². The summed E-state index contributed by atoms with van der Waals surface area (Å²) < 4.78 is 7.03. The lowest BCUT2D eigenvalue weighted by Gasteiger charge is -2.13. The molecule has 4 nitrogen and oxygen atoms in total. The van der Waals surface area contributed by atoms with Crippen molar-refractivity contribution in [3.63, 3.8) is 0 Å². The molecule has 61 heavy (non-hydrogen) atoms. The van der Waals surface area contributed by atoms with Crippen LogP contribution < -0.4 is 0 Å². The molecule has 14 rings (SSSR count). The summed E-state index contributed by atoms with van der Waals surface area (Å²) in [4.78, 5) is 11.4. The zero-order valence-corrected chi connectivity index (χ0v) is 33.5. The maximum Gasteiger partial charge on any atom is 0.235 e. The molecule has 0 N–H and O–H groups in total. The number of para-hydroxylation sites is 2. The van der Waals surface area contributed by atoms with Crippen LogP contribution in [0.3, 0.4) is 0 Å². The van der Waals surface area contributed by atoms with E-state index in [0.29, 0.717) is 5.95 Å². The van der Waals surface area contributed by atoms with Crippen LogP contribution in [-0.4, -0.2) is 19.1 Å². The molecule has 10 aromatic carbocycles. The van der Waals surface area contributed by atoms with E-state index >= 15 is 0 Å². The molecule has 0 radical (unpaired) electrons. The maximum atomic E-state index is 5.80. The molecule has 0 saturated carbocycles. The second-order valence-electron chi connectivity index (χ2n) is 16.0. The molecule has 0 atom stereocenters. The van der Waals surface area contributed by atoms with E-state index < -0.39 is 0 Å². The molecule has 0 aliphatic rings. The molecule has 0 aliphatic heterocycles. The SMILES string of the molecule is c1ccc(-n2c3ccccc3c3c(-c4nc(-n5c6ccc7c8ccccc8c8ccccc8c7c6c6ccc7ccccc7c65)nc5c4sc4ccccc45)cccc32)cc1. The number of rotatable bonds is 3. The van der Waals surface area contributed by atoms with Gasteiger partial charge in [-0.15, -0.1) is 11.3 Å². The summed E-state index contributed by atoms with van der Waals surface area (Å²) in [5.74, 6) is 0.663. The van der Waals surface area contributed by atoms with Crippen molar-refractivity contribution in [3.8, 4) is 22.9 Å². The van der Waals surface area contributed by atoms with Gasteiger partial charge in [0.2, 0.25) is 5.95 Å². The molecule has 0 aliphatic carbocycles. The Bertz CT molecular complexity index is 4140. The van der Waals surface area contributed by atoms with E-state index in [1.165, 1.54) is 74.9 Å². The number of fused-ring (bicyclic) bond motifs is 18. The highest BCUT2D eigenvalue weighted by molar-refractivity contribution is 7.26. The molecule has 0 spiro atoms. The van der Waals surface area contributed by atoms with Crippen molar-refractivity contribution in [2.45, 2.75) is 0 Å². The Kier molecular flexibility index (Phi) is 6.68. The fourth-order valence-electron chi connectivity index (χ4n) is 10.4. The van der Waals surface area contributed by atoms with Gasteiger partial charge in [-0.2, -0.15) is 0 Å². The summed E-state index contributed by atoms with van der Waals surface area (Å²) in [6.45, 7) is 0. The van der Waals surface area contributed by atoms with Crippen LogP contribution in [0.4, 0.5) is 0 Å². The molecule has 4 heterocycles. The molecule has 14 aromatic rings. The Hall–Kier alpha value is -7.86. The first-order chi connectivity index (χ1) is 30.3. The van der Waals surface area contributed by atoms with Gasteiger partial charge >= 0.3 is 0 Å². The summed E-state index contributed by atoms with van der Waals surface area (Å²) in [6.07, 6.45) is 0. The topological polar surface area (TPSA) is 35.6 Å². The number of hydrogen-bond donors (Lipinski definition) is 0. The minimum Gasteiger partial charge on any atom is -0.309 e. The van der Waals surface area contributed by atoms with Crippen LogP contribution in [0.1, 0.15) is 0 Å². The van der Waals surface area contributed by atoms with Crippen LogP contribution in [0.15, 0.2) is 194 Å². The molecule has 0 fully saturated rings. The average molecular weight is 793 g/mol. The highest BCUT2D eigenvalue weighted by Crippen LogP contribution is 2.47. The van der Waals surface area contributed by atoms with Crippen LogP contribution in [0.25, 0.3) is 130 Å². The molecule has 0 bridgehead atoms. The van der Waals surface area contributed by atoms with Gasteiger partial charge in [0.15, 0.2) is 0 Å². The van der Waals surface area contributed by atoms with Gasteiger partial charge in [-0.25, -0.2) is 9.97 Å². The fourth-order valence-corrected chi connectivity index (χ4v) is 11.5. The van der Waals surface area contributed by atoms with Crippen molar-refractivity contribution in [3.05, 3.63) is 194 Å². The monoisotopic (exact) mass is 792 g/mol. The predicted octanol–water partition coefficient (Wildman–Crippen LogP) is 15.3. The Labute approximate surface area is 352 Å². The third-order valence-corrected chi connectivity index (χ3v) is 14.1. The smallest absolute Gasteiger partial charge is 0.235 e. The lowest BCUT2D eigenvalue weighted by molar-refractivity contribution is 1.02. The minimum atomic E-state index is 0.663. The first-order valence-electron chi connectivity index (χ1n) is 20.8. The lowest BCUT2D eigenvalue weighted by atomic mass is 9.91. The summed E-state index contributed by atoms with van der Waals surface area (Å²) in [5, 5.41) is 15.8. The van der Waals surface area contributed by atoms with E-state index in [-0.39, 0.29) is 0 Å². The van der Waals surface area contributed by atoms with Gasteiger partial charge in [-0.05, 0) is 68.7 Å². The summed E-state index contributed by atoms with van der Waals surface area (Å²) in [5.41, 5.74) is 8.64. The maximum absolute atomic E-state index is 5.80. The lowest BCUT2D eigenvalue weighted by Crippen LogP contribution is -2.03. The van der Waals surface area contributed by atoms with Crippen molar-refractivity contribution >= 4 is 118 Å².